The van der Waals surface area contributed by atoms with Gasteiger partial charge in [-0.15, -0.1) is 24.8 Å². The number of hydrogen-bond donors (Lipinski definition) is 2. The Kier molecular flexibility index (Phi) is 11.8. The number of nitrogens with zero attached hydrogens (tertiary/aromatic N) is 1. The minimum Gasteiger partial charge on any atom is -0.353 e. The highest BCUT2D eigenvalue weighted by molar-refractivity contribution is 5.85. The zero-order chi connectivity index (χ0) is 16.2. The predicted octanol–water partition coefficient (Wildman–Crippen LogP) is 3.08. The van der Waals surface area contributed by atoms with Crippen LogP contribution in [0.1, 0.15) is 54.4 Å². The van der Waals surface area contributed by atoms with Gasteiger partial charge in [0.15, 0.2) is 0 Å². The molecule has 23 heavy (non-hydrogen) atoms. The first-order valence-electron chi connectivity index (χ1n) is 8.40. The Bertz CT molecular complexity index is 341. The Morgan fingerprint density at radius 1 is 1.22 bits per heavy atom. The number of carbonyl (C=O) groups is 1. The van der Waals surface area contributed by atoms with Crippen molar-refractivity contribution in [3.8, 4) is 0 Å². The van der Waals surface area contributed by atoms with Crippen LogP contribution in [0.15, 0.2) is 0 Å². The van der Waals surface area contributed by atoms with Crippen molar-refractivity contribution >= 4 is 30.7 Å². The van der Waals surface area contributed by atoms with Crippen LogP contribution in [0.2, 0.25) is 0 Å². The van der Waals surface area contributed by atoms with Gasteiger partial charge in [-0.1, -0.05) is 27.7 Å². The van der Waals surface area contributed by atoms with E-state index >= 15 is 0 Å². The Hall–Kier alpha value is -0.0300. The molecule has 4 nitrogen and oxygen atoms in total. The first-order chi connectivity index (χ1) is 9.61. The van der Waals surface area contributed by atoms with Gasteiger partial charge in [-0.05, 0) is 44.4 Å². The summed E-state index contributed by atoms with van der Waals surface area (Å²) in [7, 11) is 0. The second kappa shape index (κ2) is 10.8. The van der Waals surface area contributed by atoms with E-state index in [1.165, 1.54) is 6.42 Å². The van der Waals surface area contributed by atoms with Gasteiger partial charge in [0.1, 0.15) is 0 Å². The molecule has 0 aromatic carbocycles. The Morgan fingerprint density at radius 3 is 2.13 bits per heavy atom. The molecular formula is C17H37Cl2N3O. The summed E-state index contributed by atoms with van der Waals surface area (Å²) < 4.78 is 0. The fourth-order valence-electron chi connectivity index (χ4n) is 3.32. The summed E-state index contributed by atoms with van der Waals surface area (Å²) in [5.74, 6) is 1.89. The van der Waals surface area contributed by atoms with Crippen LogP contribution in [0.5, 0.6) is 0 Å². The maximum Gasteiger partial charge on any atom is 0.236 e. The number of carbonyl (C=O) groups excluding carboxylic acids is 1. The van der Waals surface area contributed by atoms with Crippen molar-refractivity contribution in [2.75, 3.05) is 19.6 Å². The van der Waals surface area contributed by atoms with E-state index in [1.54, 1.807) is 0 Å². The molecule has 0 aliphatic carbocycles. The fraction of sp³-hybridized carbons (Fsp3) is 0.941. The lowest BCUT2D eigenvalue weighted by atomic mass is 9.88. The number of hydrogen-bond acceptors (Lipinski definition) is 3. The molecule has 0 spiro atoms. The number of halogens is 2. The van der Waals surface area contributed by atoms with Crippen LogP contribution in [0.3, 0.4) is 0 Å². The molecule has 3 N–H and O–H groups in total. The molecule has 2 unspecified atom stereocenters. The highest BCUT2D eigenvalue weighted by Crippen LogP contribution is 2.26. The number of amides is 1. The number of rotatable bonds is 6. The third-order valence-electron chi connectivity index (χ3n) is 4.48. The molecule has 0 saturated carbocycles. The molecule has 0 aromatic heterocycles. The average Bonchev–Trinajstić information content (AvgIpc) is 2.34. The number of likely N-dealkylation sites (tertiary alicyclic amines) is 1. The first-order valence-corrected chi connectivity index (χ1v) is 8.40. The number of nitrogens with one attached hydrogen (secondary N) is 1. The van der Waals surface area contributed by atoms with Crippen molar-refractivity contribution in [2.24, 2.45) is 23.5 Å². The van der Waals surface area contributed by atoms with E-state index in [9.17, 15) is 4.79 Å². The summed E-state index contributed by atoms with van der Waals surface area (Å²) in [5.41, 5.74) is 5.93. The third-order valence-corrected chi connectivity index (χ3v) is 4.48. The summed E-state index contributed by atoms with van der Waals surface area (Å²) >= 11 is 0. The normalized spacial score (nSPS) is 23.7. The first kappa shape index (κ1) is 25.2. The molecule has 1 fully saturated rings. The second-order valence-electron chi connectivity index (χ2n) is 8.12. The van der Waals surface area contributed by atoms with Gasteiger partial charge in [-0.3, -0.25) is 9.69 Å². The summed E-state index contributed by atoms with van der Waals surface area (Å²) in [6.07, 6.45) is 2.04. The quantitative estimate of drug-likeness (QED) is 0.756. The predicted molar refractivity (Wildman–Crippen MR) is 104 cm³/mol. The fourth-order valence-corrected chi connectivity index (χ4v) is 3.32. The van der Waals surface area contributed by atoms with Gasteiger partial charge < -0.3 is 11.1 Å². The highest BCUT2D eigenvalue weighted by atomic mass is 35.5. The van der Waals surface area contributed by atoms with Gasteiger partial charge in [-0.2, -0.15) is 0 Å². The SMILES string of the molecule is CC(C)C[C@H](N)C(=O)NCC(C)(C)N1CC(C)CC(C)C1.Cl.Cl. The van der Waals surface area contributed by atoms with Crippen LogP contribution in [0.25, 0.3) is 0 Å². The van der Waals surface area contributed by atoms with Gasteiger partial charge >= 0.3 is 0 Å². The zero-order valence-corrected chi connectivity index (χ0v) is 17.2. The van der Waals surface area contributed by atoms with Crippen molar-refractivity contribution in [2.45, 2.75) is 66.0 Å². The van der Waals surface area contributed by atoms with Crippen molar-refractivity contribution in [3.63, 3.8) is 0 Å². The molecule has 1 amide bonds. The zero-order valence-electron chi connectivity index (χ0n) is 15.6. The lowest BCUT2D eigenvalue weighted by molar-refractivity contribution is -0.123. The molecule has 6 heteroatoms. The van der Waals surface area contributed by atoms with Gasteiger partial charge in [0, 0.05) is 25.2 Å². The molecule has 0 bridgehead atoms. The second-order valence-corrected chi connectivity index (χ2v) is 8.12. The van der Waals surface area contributed by atoms with Crippen LogP contribution in [-0.4, -0.2) is 42.0 Å². The summed E-state index contributed by atoms with van der Waals surface area (Å²) in [6, 6.07) is -0.389. The minimum absolute atomic E-state index is 0. The molecule has 1 rings (SSSR count). The third kappa shape index (κ3) is 8.57. The smallest absolute Gasteiger partial charge is 0.236 e. The highest BCUT2D eigenvalue weighted by Gasteiger charge is 2.33. The van der Waals surface area contributed by atoms with E-state index in [4.69, 9.17) is 5.73 Å². The van der Waals surface area contributed by atoms with Crippen molar-refractivity contribution in [1.29, 1.82) is 0 Å². The molecule has 0 aromatic rings. The molecule has 0 radical (unpaired) electrons. The molecule has 1 aliphatic rings. The minimum atomic E-state index is -0.389. The van der Waals surface area contributed by atoms with Gasteiger partial charge in [-0.25, -0.2) is 0 Å². The van der Waals surface area contributed by atoms with E-state index in [0.29, 0.717) is 12.5 Å². The molecular weight excluding hydrogens is 333 g/mol. The van der Waals surface area contributed by atoms with Crippen molar-refractivity contribution in [1.82, 2.24) is 10.2 Å². The lowest BCUT2D eigenvalue weighted by Gasteiger charge is -2.45. The Morgan fingerprint density at radius 2 is 1.70 bits per heavy atom. The summed E-state index contributed by atoms with van der Waals surface area (Å²) in [5, 5.41) is 3.05. The molecule has 1 heterocycles. The van der Waals surface area contributed by atoms with Gasteiger partial charge in [0.2, 0.25) is 5.91 Å². The summed E-state index contributed by atoms with van der Waals surface area (Å²) in [4.78, 5) is 14.6. The topological polar surface area (TPSA) is 58.4 Å². The Labute approximate surface area is 155 Å². The van der Waals surface area contributed by atoms with E-state index in [-0.39, 0.29) is 42.3 Å². The van der Waals surface area contributed by atoms with Crippen molar-refractivity contribution < 1.29 is 4.79 Å². The van der Waals surface area contributed by atoms with Crippen LogP contribution < -0.4 is 11.1 Å². The van der Waals surface area contributed by atoms with Gasteiger partial charge in [0.25, 0.3) is 0 Å². The number of piperidine rings is 1. The van der Waals surface area contributed by atoms with Crippen LogP contribution in [-0.2, 0) is 4.79 Å². The molecule has 3 atom stereocenters. The van der Waals surface area contributed by atoms with Gasteiger partial charge in [0.05, 0.1) is 6.04 Å². The van der Waals surface area contributed by atoms with E-state index in [0.717, 1.165) is 31.3 Å². The number of nitrogens with two attached hydrogens (primary N) is 1. The van der Waals surface area contributed by atoms with E-state index in [2.05, 4.69) is 51.8 Å². The largest absolute Gasteiger partial charge is 0.353 e. The van der Waals surface area contributed by atoms with Crippen molar-refractivity contribution in [3.05, 3.63) is 0 Å². The van der Waals surface area contributed by atoms with E-state index in [1.807, 2.05) is 0 Å². The molecule has 1 saturated heterocycles. The average molecular weight is 370 g/mol. The standard InChI is InChI=1S/C17H35N3O.2ClH/c1-12(2)7-15(18)16(21)19-11-17(5,6)20-9-13(3)8-14(4)10-20;;/h12-15H,7-11,18H2,1-6H3,(H,19,21);2*1H/t13?,14?,15-;;/m0../s1. The van der Waals surface area contributed by atoms with Crippen LogP contribution in [0.4, 0.5) is 0 Å². The summed E-state index contributed by atoms with van der Waals surface area (Å²) in [6.45, 7) is 16.1. The maximum atomic E-state index is 12.1. The van der Waals surface area contributed by atoms with E-state index < -0.39 is 0 Å². The molecule has 140 valence electrons. The van der Waals surface area contributed by atoms with Crippen LogP contribution in [0, 0.1) is 17.8 Å². The Balaban J connectivity index is 0. The van der Waals surface area contributed by atoms with Crippen LogP contribution >= 0.6 is 24.8 Å². The molecule has 1 aliphatic heterocycles. The lowest BCUT2D eigenvalue weighted by Crippen LogP contribution is -2.57. The monoisotopic (exact) mass is 369 g/mol. The maximum absolute atomic E-state index is 12.1.